The van der Waals surface area contributed by atoms with E-state index in [-0.39, 0.29) is 34.6 Å². The van der Waals surface area contributed by atoms with Crippen LogP contribution in [-0.4, -0.2) is 33.5 Å². The molecule has 0 saturated heterocycles. The van der Waals surface area contributed by atoms with Crippen LogP contribution in [0.1, 0.15) is 25.1 Å². The highest BCUT2D eigenvalue weighted by Gasteiger charge is 2.16. The Morgan fingerprint density at radius 1 is 1.47 bits per heavy atom. The van der Waals surface area contributed by atoms with Crippen LogP contribution >= 0.6 is 12.2 Å². The summed E-state index contributed by atoms with van der Waals surface area (Å²) in [6, 6.07) is 3.41. The number of carbonyl (C=O) groups excluding carboxylic acids is 1. The number of nitrogens with two attached hydrogens (primary N) is 1. The van der Waals surface area contributed by atoms with Crippen LogP contribution in [0, 0.1) is 6.92 Å². The summed E-state index contributed by atoms with van der Waals surface area (Å²) in [5.74, 6) is -0.125. The second kappa shape index (κ2) is 5.97. The van der Waals surface area contributed by atoms with Gasteiger partial charge in [0, 0.05) is 18.8 Å². The van der Waals surface area contributed by atoms with Crippen LogP contribution in [0.25, 0.3) is 0 Å². The standard InChI is InChI=1S/C13H19N3O2S/c1-8(2)15(4)11(17)7-16-9(3)5-6-10(12(14)19)13(16)18/h5-6,8H,7H2,1-4H3,(H2,14,19). The van der Waals surface area contributed by atoms with Crippen molar-refractivity contribution in [2.24, 2.45) is 5.73 Å². The Balaban J connectivity index is 3.15. The summed E-state index contributed by atoms with van der Waals surface area (Å²) >= 11 is 4.83. The van der Waals surface area contributed by atoms with Gasteiger partial charge < -0.3 is 15.2 Å². The predicted octanol–water partition coefficient (Wildman–Crippen LogP) is 0.658. The van der Waals surface area contributed by atoms with Crippen LogP contribution < -0.4 is 11.3 Å². The van der Waals surface area contributed by atoms with Crippen LogP contribution in [0.5, 0.6) is 0 Å². The quantitative estimate of drug-likeness (QED) is 0.823. The number of pyridine rings is 1. The topological polar surface area (TPSA) is 68.3 Å². The van der Waals surface area contributed by atoms with Crippen LogP contribution in [-0.2, 0) is 11.3 Å². The maximum absolute atomic E-state index is 12.2. The monoisotopic (exact) mass is 281 g/mol. The molecule has 0 fully saturated rings. The highest BCUT2D eigenvalue weighted by Crippen LogP contribution is 2.02. The molecule has 19 heavy (non-hydrogen) atoms. The molecule has 0 aliphatic heterocycles. The molecule has 0 unspecified atom stereocenters. The van der Waals surface area contributed by atoms with Crippen LogP contribution in [0.15, 0.2) is 16.9 Å². The van der Waals surface area contributed by atoms with Crippen LogP contribution in [0.3, 0.4) is 0 Å². The molecule has 104 valence electrons. The van der Waals surface area contributed by atoms with E-state index in [0.29, 0.717) is 5.69 Å². The third kappa shape index (κ3) is 3.41. The summed E-state index contributed by atoms with van der Waals surface area (Å²) in [7, 11) is 1.71. The number of aromatic nitrogens is 1. The highest BCUT2D eigenvalue weighted by molar-refractivity contribution is 7.80. The van der Waals surface area contributed by atoms with Gasteiger partial charge in [0.05, 0.1) is 5.56 Å². The predicted molar refractivity (Wildman–Crippen MR) is 79.2 cm³/mol. The molecule has 1 aromatic heterocycles. The molecule has 0 aliphatic rings. The Bertz CT molecular complexity index is 563. The van der Waals surface area contributed by atoms with Crippen molar-refractivity contribution < 1.29 is 4.79 Å². The molecule has 0 radical (unpaired) electrons. The first-order valence-corrected chi connectivity index (χ1v) is 6.42. The van der Waals surface area contributed by atoms with Gasteiger partial charge >= 0.3 is 0 Å². The molecule has 5 nitrogen and oxygen atoms in total. The van der Waals surface area contributed by atoms with E-state index in [0.717, 1.165) is 0 Å². The van der Waals surface area contributed by atoms with E-state index in [1.54, 1.807) is 31.0 Å². The minimum atomic E-state index is -0.321. The number of carbonyl (C=O) groups is 1. The molecule has 0 bridgehead atoms. The SMILES string of the molecule is Cc1ccc(C(N)=S)c(=O)n1CC(=O)N(C)C(C)C. The van der Waals surface area contributed by atoms with E-state index in [1.807, 2.05) is 13.8 Å². The number of hydrogen-bond acceptors (Lipinski definition) is 3. The molecule has 1 rings (SSSR count). The molecule has 1 amide bonds. The van der Waals surface area contributed by atoms with Gasteiger partial charge in [-0.15, -0.1) is 0 Å². The lowest BCUT2D eigenvalue weighted by Crippen LogP contribution is -2.39. The van der Waals surface area contributed by atoms with Gasteiger partial charge in [-0.25, -0.2) is 0 Å². The minimum absolute atomic E-state index is 0.00417. The van der Waals surface area contributed by atoms with E-state index < -0.39 is 0 Å². The normalized spacial score (nSPS) is 10.6. The zero-order chi connectivity index (χ0) is 14.7. The smallest absolute Gasteiger partial charge is 0.261 e. The fourth-order valence-corrected chi connectivity index (χ4v) is 1.74. The number of aryl methyl sites for hydroxylation is 1. The molecule has 0 atom stereocenters. The Hall–Kier alpha value is -1.69. The first-order valence-electron chi connectivity index (χ1n) is 6.01. The third-order valence-corrected chi connectivity index (χ3v) is 3.34. The van der Waals surface area contributed by atoms with Gasteiger partial charge in [-0.1, -0.05) is 12.2 Å². The second-order valence-electron chi connectivity index (χ2n) is 4.74. The molecule has 0 spiro atoms. The van der Waals surface area contributed by atoms with Crippen molar-refractivity contribution in [1.82, 2.24) is 9.47 Å². The highest BCUT2D eigenvalue weighted by atomic mass is 32.1. The first-order chi connectivity index (χ1) is 8.75. The number of hydrogen-bond donors (Lipinski definition) is 1. The Kier molecular flexibility index (Phi) is 4.83. The van der Waals surface area contributed by atoms with Crippen LogP contribution in [0.4, 0.5) is 0 Å². The molecule has 0 aliphatic carbocycles. The molecule has 0 saturated carbocycles. The number of thiocarbonyl (C=S) groups is 1. The van der Waals surface area contributed by atoms with Gasteiger partial charge in [-0.3, -0.25) is 9.59 Å². The van der Waals surface area contributed by atoms with E-state index in [4.69, 9.17) is 18.0 Å². The molecule has 1 aromatic rings. The van der Waals surface area contributed by atoms with Gasteiger partial charge in [-0.05, 0) is 32.9 Å². The summed E-state index contributed by atoms with van der Waals surface area (Å²) < 4.78 is 1.40. The molecular weight excluding hydrogens is 262 g/mol. The van der Waals surface area contributed by atoms with Crippen molar-refractivity contribution >= 4 is 23.1 Å². The van der Waals surface area contributed by atoms with Crippen molar-refractivity contribution in [2.45, 2.75) is 33.4 Å². The zero-order valence-corrected chi connectivity index (χ0v) is 12.5. The molecule has 6 heteroatoms. The van der Waals surface area contributed by atoms with Crippen molar-refractivity contribution in [1.29, 1.82) is 0 Å². The Labute approximate surface area is 118 Å². The van der Waals surface area contributed by atoms with Crippen molar-refractivity contribution in [3.8, 4) is 0 Å². The Morgan fingerprint density at radius 2 is 2.05 bits per heavy atom. The van der Waals surface area contributed by atoms with Gasteiger partial charge in [-0.2, -0.15) is 0 Å². The average Bonchev–Trinajstić information content (AvgIpc) is 2.32. The van der Waals surface area contributed by atoms with Crippen LogP contribution in [0.2, 0.25) is 0 Å². The molecule has 1 heterocycles. The van der Waals surface area contributed by atoms with Gasteiger partial charge in [0.25, 0.3) is 5.56 Å². The second-order valence-corrected chi connectivity index (χ2v) is 5.18. The first kappa shape index (κ1) is 15.4. The molecular formula is C13H19N3O2S. The number of rotatable bonds is 4. The number of likely N-dealkylation sites (N-methyl/N-ethyl adjacent to an activating group) is 1. The lowest BCUT2D eigenvalue weighted by molar-refractivity contribution is -0.132. The summed E-state index contributed by atoms with van der Waals surface area (Å²) in [5, 5.41) is 0. The van der Waals surface area contributed by atoms with E-state index in [1.165, 1.54) is 4.57 Å². The van der Waals surface area contributed by atoms with Gasteiger partial charge in [0.2, 0.25) is 5.91 Å². The maximum atomic E-state index is 12.2. The van der Waals surface area contributed by atoms with Crippen molar-refractivity contribution in [3.63, 3.8) is 0 Å². The summed E-state index contributed by atoms with van der Waals surface area (Å²) in [4.78, 5) is 25.9. The fourth-order valence-electron chi connectivity index (χ4n) is 1.59. The van der Waals surface area contributed by atoms with E-state index in [2.05, 4.69) is 0 Å². The summed E-state index contributed by atoms with van der Waals surface area (Å²) in [6.07, 6.45) is 0. The number of nitrogens with zero attached hydrogens (tertiary/aromatic N) is 2. The van der Waals surface area contributed by atoms with Crippen molar-refractivity contribution in [3.05, 3.63) is 33.7 Å². The maximum Gasteiger partial charge on any atom is 0.261 e. The minimum Gasteiger partial charge on any atom is -0.389 e. The fraction of sp³-hybridized carbons (Fsp3) is 0.462. The summed E-state index contributed by atoms with van der Waals surface area (Å²) in [6.45, 7) is 5.60. The average molecular weight is 281 g/mol. The largest absolute Gasteiger partial charge is 0.389 e. The van der Waals surface area contributed by atoms with Gasteiger partial charge in [0.1, 0.15) is 11.5 Å². The molecule has 2 N–H and O–H groups in total. The van der Waals surface area contributed by atoms with Gasteiger partial charge in [0.15, 0.2) is 0 Å². The van der Waals surface area contributed by atoms with E-state index >= 15 is 0 Å². The lowest BCUT2D eigenvalue weighted by atomic mass is 10.2. The molecule has 0 aromatic carbocycles. The summed E-state index contributed by atoms with van der Waals surface area (Å²) in [5.41, 5.74) is 6.14. The zero-order valence-electron chi connectivity index (χ0n) is 11.6. The van der Waals surface area contributed by atoms with E-state index in [9.17, 15) is 9.59 Å². The van der Waals surface area contributed by atoms with Crippen molar-refractivity contribution in [2.75, 3.05) is 7.05 Å². The lowest BCUT2D eigenvalue weighted by Gasteiger charge is -2.22. The Morgan fingerprint density at radius 3 is 2.53 bits per heavy atom. The third-order valence-electron chi connectivity index (χ3n) is 3.12. The number of amides is 1.